The highest BCUT2D eigenvalue weighted by Gasteiger charge is 2.17. The molecule has 0 aliphatic rings. The number of rotatable bonds is 8. The number of fused-ring (bicyclic) bond motifs is 1. The van der Waals surface area contributed by atoms with Crippen LogP contribution in [0.5, 0.6) is 0 Å². The van der Waals surface area contributed by atoms with Crippen molar-refractivity contribution >= 4 is 39.9 Å². The number of nitrogens with zero attached hydrogens (tertiary/aromatic N) is 3. The van der Waals surface area contributed by atoms with Crippen LogP contribution in [-0.4, -0.2) is 36.6 Å². The van der Waals surface area contributed by atoms with Gasteiger partial charge in [0.15, 0.2) is 0 Å². The van der Waals surface area contributed by atoms with Crippen LogP contribution in [0.25, 0.3) is 11.0 Å². The number of aryl methyl sites for hydroxylation is 3. The average molecular weight is 432 g/mol. The Hall–Kier alpha value is -2.84. The Bertz CT molecular complexity index is 1140. The van der Waals surface area contributed by atoms with Gasteiger partial charge in [-0.3, -0.25) is 18.9 Å². The van der Waals surface area contributed by atoms with E-state index in [1.165, 1.54) is 0 Å². The molecule has 0 saturated heterocycles. The molecule has 3 rings (SSSR count). The average Bonchev–Trinajstić information content (AvgIpc) is 2.91. The van der Waals surface area contributed by atoms with Crippen molar-refractivity contribution in [3.63, 3.8) is 0 Å². The number of nitrogens with one attached hydrogen (secondary N) is 1. The number of halogens is 1. The van der Waals surface area contributed by atoms with Gasteiger partial charge in [0.05, 0.1) is 16.6 Å². The number of amides is 1. The van der Waals surface area contributed by atoms with Crippen LogP contribution >= 0.6 is 11.6 Å². The number of hydrogen-bond donors (Lipinski definition) is 3. The highest BCUT2D eigenvalue weighted by molar-refractivity contribution is 6.18. The van der Waals surface area contributed by atoms with Gasteiger partial charge in [-0.2, -0.15) is 0 Å². The molecule has 0 unspecified atom stereocenters. The lowest BCUT2D eigenvalue weighted by Gasteiger charge is -2.17. The van der Waals surface area contributed by atoms with E-state index in [1.54, 1.807) is 42.3 Å². The lowest BCUT2D eigenvalue weighted by molar-refractivity contribution is 0.0662. The van der Waals surface area contributed by atoms with Gasteiger partial charge in [-0.25, -0.2) is 4.79 Å². The van der Waals surface area contributed by atoms with Crippen LogP contribution in [0.4, 0.5) is 11.4 Å². The van der Waals surface area contributed by atoms with Crippen LogP contribution in [0.1, 0.15) is 36.3 Å². The Morgan fingerprint density at radius 2 is 2.03 bits per heavy atom. The Balaban J connectivity index is 2.03. The van der Waals surface area contributed by atoms with E-state index in [-0.39, 0.29) is 11.4 Å². The zero-order chi connectivity index (χ0) is 22.1. The molecule has 1 aromatic carbocycles. The minimum absolute atomic E-state index is 0.144. The van der Waals surface area contributed by atoms with Gasteiger partial charge in [-0.15, -0.1) is 11.6 Å². The summed E-state index contributed by atoms with van der Waals surface area (Å²) in [6.07, 6.45) is 2.60. The van der Waals surface area contributed by atoms with Crippen molar-refractivity contribution in [2.75, 3.05) is 11.2 Å². The monoisotopic (exact) mass is 431 g/mol. The fraction of sp³-hybridized carbons (Fsp3) is 0.381. The first-order valence-electron chi connectivity index (χ1n) is 9.64. The van der Waals surface area contributed by atoms with Crippen LogP contribution in [0.2, 0.25) is 0 Å². The third-order valence-corrected chi connectivity index (χ3v) is 5.16. The minimum atomic E-state index is -0.879. The fourth-order valence-corrected chi connectivity index (χ4v) is 3.48. The summed E-state index contributed by atoms with van der Waals surface area (Å²) in [7, 11) is 1.72. The Kier molecular flexibility index (Phi) is 6.19. The molecule has 30 heavy (non-hydrogen) atoms. The summed E-state index contributed by atoms with van der Waals surface area (Å²) in [5.41, 5.74) is 8.30. The van der Waals surface area contributed by atoms with Crippen molar-refractivity contribution in [3.05, 3.63) is 52.2 Å². The van der Waals surface area contributed by atoms with Gasteiger partial charge in [0, 0.05) is 37.0 Å². The van der Waals surface area contributed by atoms with E-state index >= 15 is 0 Å². The maximum absolute atomic E-state index is 12.7. The molecule has 1 amide bonds. The van der Waals surface area contributed by atoms with Crippen LogP contribution in [-0.2, 0) is 20.0 Å². The van der Waals surface area contributed by atoms with Crippen molar-refractivity contribution < 1.29 is 9.90 Å². The van der Waals surface area contributed by atoms with Crippen molar-refractivity contribution in [3.8, 4) is 0 Å². The third kappa shape index (κ3) is 4.66. The molecule has 8 nitrogen and oxygen atoms in total. The van der Waals surface area contributed by atoms with E-state index < -0.39 is 11.5 Å². The molecule has 0 aliphatic heterocycles. The van der Waals surface area contributed by atoms with Gasteiger partial charge in [0.2, 0.25) is 0 Å². The highest BCUT2D eigenvalue weighted by atomic mass is 35.5. The van der Waals surface area contributed by atoms with E-state index in [0.29, 0.717) is 31.0 Å². The van der Waals surface area contributed by atoms with Crippen molar-refractivity contribution in [1.29, 1.82) is 0 Å². The van der Waals surface area contributed by atoms with E-state index in [4.69, 9.17) is 17.3 Å². The SMILES string of the molecule is Cn1c(=O)n(CCC(C)(C)O)c2cc(Nc3cc(C(N)=O)ncc3CCCl)ccc21. The fourth-order valence-electron chi connectivity index (χ4n) is 3.28. The molecule has 0 saturated carbocycles. The zero-order valence-electron chi connectivity index (χ0n) is 17.3. The smallest absolute Gasteiger partial charge is 0.328 e. The summed E-state index contributed by atoms with van der Waals surface area (Å²) in [6, 6.07) is 7.19. The Morgan fingerprint density at radius 1 is 1.30 bits per heavy atom. The lowest BCUT2D eigenvalue weighted by atomic mass is 10.1. The van der Waals surface area contributed by atoms with Crippen LogP contribution in [0.3, 0.4) is 0 Å². The van der Waals surface area contributed by atoms with E-state index in [2.05, 4.69) is 10.3 Å². The highest BCUT2D eigenvalue weighted by Crippen LogP contribution is 2.25. The maximum atomic E-state index is 12.7. The molecular weight excluding hydrogens is 406 g/mol. The second-order valence-electron chi connectivity index (χ2n) is 7.91. The number of benzene rings is 1. The topological polar surface area (TPSA) is 115 Å². The molecular formula is C21H26ClN5O3. The first-order chi connectivity index (χ1) is 14.1. The third-order valence-electron chi connectivity index (χ3n) is 4.97. The summed E-state index contributed by atoms with van der Waals surface area (Å²) >= 11 is 5.90. The molecule has 4 N–H and O–H groups in total. The number of aliphatic hydroxyl groups is 1. The number of pyridine rings is 1. The molecule has 3 aromatic rings. The summed E-state index contributed by atoms with van der Waals surface area (Å²) in [5, 5.41) is 13.4. The normalized spacial score (nSPS) is 11.8. The van der Waals surface area contributed by atoms with E-state index in [9.17, 15) is 14.7 Å². The van der Waals surface area contributed by atoms with Crippen molar-refractivity contribution in [1.82, 2.24) is 14.1 Å². The largest absolute Gasteiger partial charge is 0.390 e. The predicted octanol–water partition coefficient (Wildman–Crippen LogP) is 2.52. The van der Waals surface area contributed by atoms with Gasteiger partial charge in [-0.05, 0) is 56.5 Å². The van der Waals surface area contributed by atoms with Crippen LogP contribution < -0.4 is 16.7 Å². The van der Waals surface area contributed by atoms with Crippen molar-refractivity contribution in [2.45, 2.75) is 38.8 Å². The zero-order valence-corrected chi connectivity index (χ0v) is 18.0. The number of hydrogen-bond acceptors (Lipinski definition) is 5. The summed E-state index contributed by atoms with van der Waals surface area (Å²) in [4.78, 5) is 28.3. The molecule has 2 heterocycles. The number of nitrogens with two attached hydrogens (primary N) is 1. The molecule has 0 spiro atoms. The van der Waals surface area contributed by atoms with Crippen LogP contribution in [0, 0.1) is 0 Å². The standard InChI is InChI=1S/C21H26ClN5O3/c1-21(2,30)7-9-27-18-10-14(4-5-17(18)26(3)20(27)29)25-15-11-16(19(23)28)24-12-13(15)6-8-22/h4-5,10-12,30H,6-9H2,1-3H3,(H2,23,28)(H,24,25). The second kappa shape index (κ2) is 8.49. The molecule has 9 heteroatoms. The number of carbonyl (C=O) groups excluding carboxylic acids is 1. The first-order valence-corrected chi connectivity index (χ1v) is 10.2. The molecule has 0 bridgehead atoms. The number of alkyl halides is 1. The number of anilines is 2. The van der Waals surface area contributed by atoms with Gasteiger partial charge in [-0.1, -0.05) is 0 Å². The Labute approximate surface area is 179 Å². The van der Waals surface area contributed by atoms with Crippen LogP contribution in [0.15, 0.2) is 35.3 Å². The molecule has 0 aliphatic carbocycles. The van der Waals surface area contributed by atoms with E-state index in [1.807, 2.05) is 18.2 Å². The van der Waals surface area contributed by atoms with Crippen molar-refractivity contribution in [2.24, 2.45) is 12.8 Å². The second-order valence-corrected chi connectivity index (χ2v) is 8.29. The predicted molar refractivity (Wildman–Crippen MR) is 119 cm³/mol. The summed E-state index contributed by atoms with van der Waals surface area (Å²) in [6.45, 7) is 3.82. The minimum Gasteiger partial charge on any atom is -0.390 e. The number of primary amides is 1. The van der Waals surface area contributed by atoms with Gasteiger partial charge in [0.25, 0.3) is 5.91 Å². The molecule has 0 atom stereocenters. The van der Waals surface area contributed by atoms with Gasteiger partial charge in [0.1, 0.15) is 5.69 Å². The van der Waals surface area contributed by atoms with Gasteiger partial charge < -0.3 is 16.2 Å². The molecule has 0 fully saturated rings. The maximum Gasteiger partial charge on any atom is 0.328 e. The summed E-state index contributed by atoms with van der Waals surface area (Å²) in [5.74, 6) is -0.213. The number of imidazole rings is 1. The first kappa shape index (κ1) is 21.9. The quantitative estimate of drug-likeness (QED) is 0.474. The summed E-state index contributed by atoms with van der Waals surface area (Å²) < 4.78 is 3.24. The lowest BCUT2D eigenvalue weighted by Crippen LogP contribution is -2.27. The number of carbonyl (C=O) groups is 1. The van der Waals surface area contributed by atoms with Gasteiger partial charge >= 0.3 is 5.69 Å². The molecule has 0 radical (unpaired) electrons. The molecule has 160 valence electrons. The molecule has 2 aromatic heterocycles. The number of aromatic nitrogens is 3. The Morgan fingerprint density at radius 3 is 2.67 bits per heavy atom. The van der Waals surface area contributed by atoms with E-state index in [0.717, 1.165) is 22.3 Å².